The van der Waals surface area contributed by atoms with E-state index in [9.17, 15) is 0 Å². The average Bonchev–Trinajstić information content (AvgIpc) is 2.09. The fourth-order valence-electron chi connectivity index (χ4n) is 0.881. The monoisotopic (exact) mass is 218 g/mol. The predicted octanol–water partition coefficient (Wildman–Crippen LogP) is 2.63. The molecule has 0 N–H and O–H groups in total. The van der Waals surface area contributed by atoms with Crippen LogP contribution in [0, 0.1) is 0 Å². The van der Waals surface area contributed by atoms with Crippen LogP contribution >= 0.6 is 0 Å². The zero-order valence-corrected chi connectivity index (χ0v) is 10.9. The van der Waals surface area contributed by atoms with Gasteiger partial charge < -0.3 is 0 Å². The van der Waals surface area contributed by atoms with Gasteiger partial charge in [-0.15, -0.1) is 0 Å². The fourth-order valence-corrected chi connectivity index (χ4v) is 1.28. The molecule has 64 valence electrons. The van der Waals surface area contributed by atoms with E-state index in [-0.39, 0.29) is 0 Å². The van der Waals surface area contributed by atoms with E-state index in [0.717, 1.165) is 0 Å². The minimum absolute atomic E-state index is 0.660. The molecule has 0 unspecified atom stereocenters. The topological polar surface area (TPSA) is 0 Å². The van der Waals surface area contributed by atoms with Crippen LogP contribution in [0.4, 0.5) is 0 Å². The molecule has 1 aromatic carbocycles. The molecule has 0 amide bonds. The van der Waals surface area contributed by atoms with Crippen molar-refractivity contribution in [3.63, 3.8) is 0 Å². The van der Waals surface area contributed by atoms with E-state index in [1.54, 1.807) is 18.6 Å². The molecule has 1 heteroatoms. The molecule has 0 aliphatic heterocycles. The zero-order chi connectivity index (χ0) is 9.56. The van der Waals surface area contributed by atoms with Gasteiger partial charge in [0.2, 0.25) is 0 Å². The van der Waals surface area contributed by atoms with Crippen molar-refractivity contribution in [3.8, 4) is 0 Å². The number of rotatable bonds is 1. The summed E-state index contributed by atoms with van der Waals surface area (Å²) in [5.41, 5.74) is 1.43. The van der Waals surface area contributed by atoms with E-state index in [4.69, 9.17) is 0 Å². The third-order valence-corrected chi connectivity index (χ3v) is 2.41. The summed E-state index contributed by atoms with van der Waals surface area (Å²) < 4.78 is 1.40. The molecule has 0 atom stereocenters. The standard InChI is InChI=1S/C9H11.C2H6.Ga/c1-8(2)9-6-4-3-5-7-9;1-2;/h4-8H,1-2H3;1-2H3;. The first-order chi connectivity index (χ1) is 5.70. The number of benzene rings is 1. The molecule has 1 rings (SSSR count). The second kappa shape index (κ2) is 6.38. The van der Waals surface area contributed by atoms with Crippen LogP contribution in [0.5, 0.6) is 0 Å². The van der Waals surface area contributed by atoms with E-state index in [0.29, 0.717) is 5.92 Å². The van der Waals surface area contributed by atoms with Crippen molar-refractivity contribution in [2.75, 3.05) is 0 Å². The van der Waals surface area contributed by atoms with Crippen molar-refractivity contribution in [2.45, 2.75) is 33.6 Å². The Morgan fingerprint density at radius 2 is 1.42 bits per heavy atom. The first-order valence-electron chi connectivity index (χ1n) is 4.55. The summed E-state index contributed by atoms with van der Waals surface area (Å²) in [4.78, 5) is 0. The summed E-state index contributed by atoms with van der Waals surface area (Å²) in [5.74, 6) is 0.660. The Kier molecular flexibility index (Phi) is 6.30. The van der Waals surface area contributed by atoms with Crippen molar-refractivity contribution in [3.05, 3.63) is 29.8 Å². The zero-order valence-electron chi connectivity index (χ0n) is 8.46. The van der Waals surface area contributed by atoms with Crippen LogP contribution in [0.25, 0.3) is 0 Å². The summed E-state index contributed by atoms with van der Waals surface area (Å²) in [7, 11) is 0. The molecule has 1 aromatic rings. The summed E-state index contributed by atoms with van der Waals surface area (Å²) in [5, 5.41) is 0. The third kappa shape index (κ3) is 4.03. The Morgan fingerprint density at radius 1 is 1.00 bits per heavy atom. The molecule has 0 aromatic heterocycles. The van der Waals surface area contributed by atoms with Crippen molar-refractivity contribution in [1.82, 2.24) is 0 Å². The fraction of sp³-hybridized carbons (Fsp3) is 0.455. The number of hydrogen-bond donors (Lipinski definition) is 0. The van der Waals surface area contributed by atoms with Gasteiger partial charge in [0.15, 0.2) is 0 Å². The van der Waals surface area contributed by atoms with Gasteiger partial charge >= 0.3 is 72.3 Å². The van der Waals surface area contributed by atoms with Crippen LogP contribution in [0.15, 0.2) is 24.3 Å². The van der Waals surface area contributed by atoms with Crippen LogP contribution in [-0.2, 0) is 0 Å². The van der Waals surface area contributed by atoms with Gasteiger partial charge in [-0.3, -0.25) is 0 Å². The van der Waals surface area contributed by atoms with Gasteiger partial charge in [0.25, 0.3) is 0 Å². The molecule has 0 saturated heterocycles. The number of hydrogen-bond acceptors (Lipinski definition) is 0. The molecule has 0 heterocycles. The van der Waals surface area contributed by atoms with Crippen LogP contribution in [0.1, 0.15) is 39.2 Å². The average molecular weight is 219 g/mol. The molecular formula is C11H17Ga. The Hall–Kier alpha value is -0.144. The Bertz CT molecular complexity index is 199. The van der Waals surface area contributed by atoms with Gasteiger partial charge in [0.1, 0.15) is 0 Å². The van der Waals surface area contributed by atoms with Gasteiger partial charge in [-0.05, 0) is 0 Å². The van der Waals surface area contributed by atoms with E-state index < -0.39 is 0 Å². The van der Waals surface area contributed by atoms with Gasteiger partial charge in [-0.2, -0.15) is 0 Å². The summed E-state index contributed by atoms with van der Waals surface area (Å²) >= 11 is 1.69. The Labute approximate surface area is 86.3 Å². The summed E-state index contributed by atoms with van der Waals surface area (Å²) in [6, 6.07) is 8.80. The van der Waals surface area contributed by atoms with Crippen molar-refractivity contribution in [2.24, 2.45) is 0 Å². The molecule has 0 saturated carbocycles. The van der Waals surface area contributed by atoms with Crippen LogP contribution in [-0.4, -0.2) is 18.6 Å². The van der Waals surface area contributed by atoms with Crippen LogP contribution in [0.2, 0.25) is 0 Å². The minimum atomic E-state index is 0.660. The molecule has 0 bridgehead atoms. The SMILES string of the molecule is CC.CC(C)c1cc[c]([Ga])cc1. The van der Waals surface area contributed by atoms with Gasteiger partial charge in [-0.25, -0.2) is 0 Å². The second-order valence-corrected chi connectivity index (χ2v) is 4.22. The first-order valence-corrected chi connectivity index (χ1v) is 5.76. The van der Waals surface area contributed by atoms with E-state index in [1.165, 1.54) is 9.68 Å². The molecule has 0 spiro atoms. The van der Waals surface area contributed by atoms with E-state index in [1.807, 2.05) is 13.8 Å². The quantitative estimate of drug-likeness (QED) is 0.637. The molecule has 12 heavy (non-hydrogen) atoms. The van der Waals surface area contributed by atoms with Crippen LogP contribution < -0.4 is 4.12 Å². The predicted molar refractivity (Wildman–Crippen MR) is 57.3 cm³/mol. The third-order valence-electron chi connectivity index (χ3n) is 1.60. The molecular weight excluding hydrogens is 202 g/mol. The van der Waals surface area contributed by atoms with Crippen molar-refractivity contribution < 1.29 is 0 Å². The van der Waals surface area contributed by atoms with Gasteiger partial charge in [-0.1, -0.05) is 13.8 Å². The molecule has 0 aliphatic carbocycles. The summed E-state index contributed by atoms with van der Waals surface area (Å²) in [6.07, 6.45) is 0. The second-order valence-electron chi connectivity index (χ2n) is 2.82. The molecule has 0 aliphatic rings. The van der Waals surface area contributed by atoms with Gasteiger partial charge in [0.05, 0.1) is 0 Å². The first kappa shape index (κ1) is 11.9. The van der Waals surface area contributed by atoms with Crippen LogP contribution in [0.3, 0.4) is 0 Å². The maximum atomic E-state index is 2.22. The Morgan fingerprint density at radius 3 is 1.75 bits per heavy atom. The molecule has 0 fully saturated rings. The van der Waals surface area contributed by atoms with E-state index >= 15 is 0 Å². The molecule has 0 nitrogen and oxygen atoms in total. The molecule has 2 radical (unpaired) electrons. The Balaban J connectivity index is 0.000000561. The van der Waals surface area contributed by atoms with Gasteiger partial charge in [0, 0.05) is 0 Å². The van der Waals surface area contributed by atoms with Crippen molar-refractivity contribution in [1.29, 1.82) is 0 Å². The maximum absolute atomic E-state index is 2.22. The normalized spacial score (nSPS) is 9.08. The summed E-state index contributed by atoms with van der Waals surface area (Å²) in [6.45, 7) is 8.44. The van der Waals surface area contributed by atoms with E-state index in [2.05, 4.69) is 38.1 Å². The van der Waals surface area contributed by atoms with Crippen molar-refractivity contribution >= 4 is 22.7 Å².